The molecule has 1 unspecified atom stereocenters. The predicted octanol–water partition coefficient (Wildman–Crippen LogP) is 7.20. The molecule has 1 aromatic heterocycles. The molecule has 0 bridgehead atoms. The number of aliphatic hydroxyl groups excluding tert-OH is 1. The molecular formula is C42H49N3O7S. The minimum Gasteiger partial charge on any atom is -0.497 e. The monoisotopic (exact) mass is 739 g/mol. The van der Waals surface area contributed by atoms with Crippen LogP contribution in [0.25, 0.3) is 0 Å². The summed E-state index contributed by atoms with van der Waals surface area (Å²) < 4.78 is 46.3. The van der Waals surface area contributed by atoms with E-state index < -0.39 is 39.7 Å². The Morgan fingerprint density at radius 3 is 1.89 bits per heavy atom. The highest BCUT2D eigenvalue weighted by Crippen LogP contribution is 2.31. The van der Waals surface area contributed by atoms with Crippen molar-refractivity contribution in [3.05, 3.63) is 151 Å². The van der Waals surface area contributed by atoms with E-state index in [9.17, 15) is 18.3 Å². The highest BCUT2D eigenvalue weighted by atomic mass is 32.2. The minimum atomic E-state index is -4.12. The van der Waals surface area contributed by atoms with E-state index in [-0.39, 0.29) is 23.5 Å². The zero-order valence-corrected chi connectivity index (χ0v) is 31.2. The fraction of sp³-hybridized carbons (Fsp3) is 0.310. The molecule has 280 valence electrons. The summed E-state index contributed by atoms with van der Waals surface area (Å²) in [6.07, 6.45) is 1.67. The van der Waals surface area contributed by atoms with Gasteiger partial charge in [0.1, 0.15) is 12.0 Å². The summed E-state index contributed by atoms with van der Waals surface area (Å²) in [6, 6.07) is 35.6. The Labute approximate surface area is 312 Å². The van der Waals surface area contributed by atoms with Gasteiger partial charge in [-0.05, 0) is 72.2 Å². The van der Waals surface area contributed by atoms with Gasteiger partial charge in [-0.1, -0.05) is 105 Å². The normalized spacial score (nSPS) is 13.6. The molecule has 4 aromatic carbocycles. The summed E-state index contributed by atoms with van der Waals surface area (Å²) >= 11 is 0. The molecule has 0 aliphatic heterocycles. The van der Waals surface area contributed by atoms with Gasteiger partial charge < -0.3 is 24.3 Å². The third kappa shape index (κ3) is 12.3. The van der Waals surface area contributed by atoms with Crippen molar-refractivity contribution in [3.63, 3.8) is 0 Å². The van der Waals surface area contributed by atoms with Crippen LogP contribution in [0.15, 0.2) is 143 Å². The highest BCUT2D eigenvalue weighted by Gasteiger charge is 2.37. The van der Waals surface area contributed by atoms with Gasteiger partial charge in [-0.2, -0.15) is 0 Å². The molecular weight excluding hydrogens is 691 g/mol. The maximum absolute atomic E-state index is 13.9. The summed E-state index contributed by atoms with van der Waals surface area (Å²) in [4.78, 5) is 15.5. The number of benzene rings is 4. The lowest BCUT2D eigenvalue weighted by Crippen LogP contribution is -2.56. The number of amides is 1. The molecule has 3 atom stereocenters. The number of carbonyl (C=O) groups is 1. The van der Waals surface area contributed by atoms with Gasteiger partial charge in [-0.25, -0.2) is 17.9 Å². The number of furan rings is 1. The van der Waals surface area contributed by atoms with Crippen molar-refractivity contribution in [2.45, 2.75) is 69.3 Å². The van der Waals surface area contributed by atoms with Gasteiger partial charge in [0.2, 0.25) is 10.0 Å². The summed E-state index contributed by atoms with van der Waals surface area (Å²) in [6.45, 7) is 6.34. The summed E-state index contributed by atoms with van der Waals surface area (Å²) in [5.41, 5.74) is 2.76. The maximum Gasteiger partial charge on any atom is 0.413 e. The van der Waals surface area contributed by atoms with Crippen LogP contribution in [0.3, 0.4) is 0 Å². The first-order valence-electron chi connectivity index (χ1n) is 17.7. The first-order valence-corrected chi connectivity index (χ1v) is 19.2. The predicted molar refractivity (Wildman–Crippen MR) is 205 cm³/mol. The van der Waals surface area contributed by atoms with Crippen molar-refractivity contribution < 1.29 is 32.2 Å². The first-order chi connectivity index (χ1) is 25.5. The third-order valence-electron chi connectivity index (χ3n) is 9.18. The van der Waals surface area contributed by atoms with E-state index in [0.717, 1.165) is 18.7 Å². The average Bonchev–Trinajstić information content (AvgIpc) is 3.67. The van der Waals surface area contributed by atoms with Crippen molar-refractivity contribution in [2.75, 3.05) is 13.7 Å². The number of aliphatic hydroxyl groups is 1. The van der Waals surface area contributed by atoms with Crippen LogP contribution in [0.5, 0.6) is 11.5 Å². The zero-order valence-electron chi connectivity index (χ0n) is 30.4. The third-order valence-corrected chi connectivity index (χ3v) is 10.7. The van der Waals surface area contributed by atoms with Crippen LogP contribution in [0.1, 0.15) is 43.4 Å². The van der Waals surface area contributed by atoms with Crippen LogP contribution in [0.2, 0.25) is 0 Å². The number of hydrogen-bond donors (Lipinski definition) is 3. The lowest BCUT2D eigenvalue weighted by Gasteiger charge is -2.37. The van der Waals surface area contributed by atoms with Crippen molar-refractivity contribution in [1.29, 1.82) is 0 Å². The van der Waals surface area contributed by atoms with E-state index in [0.29, 0.717) is 18.7 Å². The number of ether oxygens (including phenoxy) is 2. The number of rotatable bonds is 19. The quantitative estimate of drug-likeness (QED) is 0.0811. The number of nitrogens with one attached hydrogen (secondary N) is 2. The summed E-state index contributed by atoms with van der Waals surface area (Å²) in [5, 5.41) is 15.0. The second-order valence-corrected chi connectivity index (χ2v) is 15.7. The van der Waals surface area contributed by atoms with Gasteiger partial charge in [0, 0.05) is 19.2 Å². The van der Waals surface area contributed by atoms with Crippen molar-refractivity contribution in [3.8, 4) is 11.5 Å². The fourth-order valence-corrected chi connectivity index (χ4v) is 7.57. The Bertz CT molecular complexity index is 1880. The van der Waals surface area contributed by atoms with E-state index in [4.69, 9.17) is 13.9 Å². The Balaban J connectivity index is 1.41. The number of nitrogens with zero attached hydrogens (tertiary/aromatic N) is 1. The molecule has 3 N–H and O–H groups in total. The molecule has 0 saturated carbocycles. The van der Waals surface area contributed by atoms with Gasteiger partial charge in [-0.3, -0.25) is 4.90 Å². The molecule has 0 saturated heterocycles. The smallest absolute Gasteiger partial charge is 0.413 e. The van der Waals surface area contributed by atoms with E-state index in [1.54, 1.807) is 12.1 Å². The SMILES string of the molecule is COc1ccc(S(=O)(=O)NC(CC(C)(C)CCN(Cc2ccccc2)Cc2ccccc2)[C@H](O)[C@H](Cc2ccccc2)NC(=O)Oc2ccoc2)cc1. The minimum absolute atomic E-state index is 0.0251. The van der Waals surface area contributed by atoms with Gasteiger partial charge in [-0.15, -0.1) is 0 Å². The molecule has 0 radical (unpaired) electrons. The molecule has 53 heavy (non-hydrogen) atoms. The number of methoxy groups -OCH3 is 1. The highest BCUT2D eigenvalue weighted by molar-refractivity contribution is 7.89. The summed E-state index contributed by atoms with van der Waals surface area (Å²) in [5.74, 6) is 0.712. The van der Waals surface area contributed by atoms with E-state index in [2.05, 4.69) is 53.1 Å². The van der Waals surface area contributed by atoms with Crippen molar-refractivity contribution >= 4 is 16.1 Å². The van der Waals surface area contributed by atoms with Crippen LogP contribution in [-0.2, 0) is 29.5 Å². The van der Waals surface area contributed by atoms with Gasteiger partial charge in [0.25, 0.3) is 0 Å². The Kier molecular flexibility index (Phi) is 13.9. The molecule has 11 heteroatoms. The van der Waals surface area contributed by atoms with E-state index in [1.807, 2.05) is 66.7 Å². The number of sulfonamides is 1. The Morgan fingerprint density at radius 2 is 1.36 bits per heavy atom. The lowest BCUT2D eigenvalue weighted by molar-refractivity contribution is 0.0700. The molecule has 1 amide bonds. The second-order valence-electron chi connectivity index (χ2n) is 14.0. The van der Waals surface area contributed by atoms with E-state index >= 15 is 0 Å². The maximum atomic E-state index is 13.9. The molecule has 5 aromatic rings. The van der Waals surface area contributed by atoms with Gasteiger partial charge in [0.05, 0.1) is 36.5 Å². The van der Waals surface area contributed by atoms with Crippen molar-refractivity contribution in [1.82, 2.24) is 14.9 Å². The van der Waals surface area contributed by atoms with Gasteiger partial charge >= 0.3 is 6.09 Å². The zero-order chi connectivity index (χ0) is 37.7. The molecule has 1 heterocycles. The van der Waals surface area contributed by atoms with Crippen LogP contribution in [0.4, 0.5) is 4.79 Å². The molecule has 10 nitrogen and oxygen atoms in total. The largest absolute Gasteiger partial charge is 0.497 e. The van der Waals surface area contributed by atoms with Gasteiger partial charge in [0.15, 0.2) is 5.75 Å². The van der Waals surface area contributed by atoms with Crippen LogP contribution < -0.4 is 19.5 Å². The van der Waals surface area contributed by atoms with Crippen LogP contribution in [0, 0.1) is 5.41 Å². The Hall–Kier alpha value is -4.94. The first kappa shape index (κ1) is 39.3. The average molecular weight is 740 g/mol. The summed E-state index contributed by atoms with van der Waals surface area (Å²) in [7, 11) is -2.61. The molecule has 0 fully saturated rings. The topological polar surface area (TPSA) is 130 Å². The second kappa shape index (κ2) is 18.7. The standard InChI is InChI=1S/C42H49N3O7S/c1-42(2,24-25-45(29-33-15-9-5-10-16-33)30-34-17-11-6-12-18-34)28-39(44-53(48,49)37-21-19-35(50-3)20-22-37)40(46)38(27-32-13-7-4-8-14-32)43-41(47)52-36-23-26-51-31-36/h4-23,26,31,38-40,44,46H,24-25,27-30H2,1-3H3,(H,43,47)/t38-,39?,40+/m0/s1. The number of carbonyl (C=O) groups excluding carboxylic acids is 1. The molecule has 5 rings (SSSR count). The molecule has 0 spiro atoms. The van der Waals surface area contributed by atoms with E-state index in [1.165, 1.54) is 49.0 Å². The Morgan fingerprint density at radius 1 is 0.792 bits per heavy atom. The molecule has 0 aliphatic rings. The van der Waals surface area contributed by atoms with Crippen LogP contribution in [-0.4, -0.2) is 56.4 Å². The lowest BCUT2D eigenvalue weighted by atomic mass is 9.79. The van der Waals surface area contributed by atoms with Crippen LogP contribution >= 0.6 is 0 Å². The fourth-order valence-electron chi connectivity index (χ4n) is 6.31. The number of hydrogen-bond acceptors (Lipinski definition) is 8. The van der Waals surface area contributed by atoms with Crippen molar-refractivity contribution in [2.24, 2.45) is 5.41 Å². The molecule has 0 aliphatic carbocycles.